The number of benzene rings is 3. The molecule has 7 nitrogen and oxygen atoms in total. The van der Waals surface area contributed by atoms with Crippen molar-refractivity contribution in [3.63, 3.8) is 0 Å². The van der Waals surface area contributed by atoms with E-state index in [1.54, 1.807) is 30.7 Å². The van der Waals surface area contributed by atoms with Gasteiger partial charge in [0.05, 0.1) is 9.82 Å². The summed E-state index contributed by atoms with van der Waals surface area (Å²) >= 11 is 1.25. The second-order valence-electron chi connectivity index (χ2n) is 6.92. The second-order valence-corrected chi connectivity index (χ2v) is 7.93. The standard InChI is InChI=1S/C23H16N4O3S/c1-26-12-11-24-23(26)31-21-10-9-15(13-19(21)27(28)29)14-25-18-7-4-6-17-16-5-2-3-8-20(16)30-22(17)18/h2-14H,1H3. The first-order valence-electron chi connectivity index (χ1n) is 9.48. The van der Waals surface area contributed by atoms with E-state index in [1.807, 2.05) is 54.1 Å². The first kappa shape index (κ1) is 19.1. The van der Waals surface area contributed by atoms with Crippen LogP contribution in [0, 0.1) is 10.1 Å². The molecule has 0 spiro atoms. The fourth-order valence-electron chi connectivity index (χ4n) is 3.37. The van der Waals surface area contributed by atoms with Crippen molar-refractivity contribution < 1.29 is 9.34 Å². The van der Waals surface area contributed by atoms with Crippen molar-refractivity contribution in [2.24, 2.45) is 12.0 Å². The number of rotatable bonds is 5. The van der Waals surface area contributed by atoms with Crippen LogP contribution in [0.15, 0.2) is 92.5 Å². The smallest absolute Gasteiger partial charge is 0.283 e. The quantitative estimate of drug-likeness (QED) is 0.191. The van der Waals surface area contributed by atoms with Crippen LogP contribution in [0.25, 0.3) is 21.9 Å². The van der Waals surface area contributed by atoms with Crippen LogP contribution in [0.3, 0.4) is 0 Å². The van der Waals surface area contributed by atoms with E-state index in [0.717, 1.165) is 16.4 Å². The number of para-hydroxylation sites is 2. The third-order valence-electron chi connectivity index (χ3n) is 4.89. The number of fused-ring (bicyclic) bond motifs is 3. The number of furan rings is 1. The summed E-state index contributed by atoms with van der Waals surface area (Å²) in [6.07, 6.45) is 5.08. The minimum Gasteiger partial charge on any atom is -0.454 e. The summed E-state index contributed by atoms with van der Waals surface area (Å²) in [4.78, 5) is 20.6. The van der Waals surface area contributed by atoms with Crippen LogP contribution in [0.5, 0.6) is 0 Å². The number of aryl methyl sites for hydroxylation is 1. The number of nitro benzene ring substituents is 1. The molecule has 31 heavy (non-hydrogen) atoms. The Kier molecular flexibility index (Phi) is 4.76. The lowest BCUT2D eigenvalue weighted by atomic mass is 10.1. The van der Waals surface area contributed by atoms with Crippen LogP contribution >= 0.6 is 11.8 Å². The van der Waals surface area contributed by atoms with Gasteiger partial charge in [0.25, 0.3) is 5.69 Å². The third-order valence-corrected chi connectivity index (χ3v) is 6.04. The molecule has 0 radical (unpaired) electrons. The molecular weight excluding hydrogens is 412 g/mol. The second kappa shape index (κ2) is 7.73. The predicted octanol–water partition coefficient (Wildman–Crippen LogP) is 6.13. The monoisotopic (exact) mass is 428 g/mol. The molecule has 8 heteroatoms. The molecule has 0 saturated heterocycles. The fourth-order valence-corrected chi connectivity index (χ4v) is 4.26. The van der Waals surface area contributed by atoms with Crippen LogP contribution < -0.4 is 0 Å². The summed E-state index contributed by atoms with van der Waals surface area (Å²) < 4.78 is 7.81. The SMILES string of the molecule is Cn1ccnc1Sc1ccc(C=Nc2cccc3c2oc2ccccc23)cc1[N+](=O)[O-]. The van der Waals surface area contributed by atoms with Crippen LogP contribution in [0.2, 0.25) is 0 Å². The zero-order chi connectivity index (χ0) is 21.4. The van der Waals surface area contributed by atoms with Gasteiger partial charge in [-0.05, 0) is 35.5 Å². The van der Waals surface area contributed by atoms with Gasteiger partial charge in [-0.25, -0.2) is 4.98 Å². The van der Waals surface area contributed by atoms with Gasteiger partial charge in [-0.1, -0.05) is 36.4 Å². The van der Waals surface area contributed by atoms with E-state index in [9.17, 15) is 10.1 Å². The zero-order valence-electron chi connectivity index (χ0n) is 16.4. The molecule has 152 valence electrons. The maximum Gasteiger partial charge on any atom is 0.283 e. The lowest BCUT2D eigenvalue weighted by molar-refractivity contribution is -0.387. The van der Waals surface area contributed by atoms with Crippen molar-refractivity contribution >= 4 is 51.3 Å². The number of hydrogen-bond donors (Lipinski definition) is 0. The van der Waals surface area contributed by atoms with E-state index in [2.05, 4.69) is 9.98 Å². The minimum atomic E-state index is -0.386. The van der Waals surface area contributed by atoms with Crippen LogP contribution in [-0.2, 0) is 7.05 Å². The minimum absolute atomic E-state index is 0.0129. The molecule has 0 atom stereocenters. The first-order chi connectivity index (χ1) is 15.1. The van der Waals surface area contributed by atoms with Crippen molar-refractivity contribution in [1.29, 1.82) is 0 Å². The van der Waals surface area contributed by atoms with Gasteiger partial charge in [0, 0.05) is 42.5 Å². The van der Waals surface area contributed by atoms with E-state index < -0.39 is 0 Å². The Hall–Kier alpha value is -3.91. The number of aromatic nitrogens is 2. The summed E-state index contributed by atoms with van der Waals surface area (Å²) in [6, 6.07) is 18.7. The lowest BCUT2D eigenvalue weighted by Crippen LogP contribution is -1.95. The normalized spacial score (nSPS) is 11.6. The van der Waals surface area contributed by atoms with Crippen LogP contribution in [0.4, 0.5) is 11.4 Å². The van der Waals surface area contributed by atoms with Crippen molar-refractivity contribution in [2.45, 2.75) is 10.1 Å². The number of aliphatic imine (C=N–C) groups is 1. The van der Waals surface area contributed by atoms with Gasteiger partial charge in [0.1, 0.15) is 11.3 Å². The van der Waals surface area contributed by atoms with E-state index in [0.29, 0.717) is 26.9 Å². The molecule has 0 aliphatic rings. The Bertz CT molecular complexity index is 1470. The Balaban J connectivity index is 1.50. The maximum atomic E-state index is 11.6. The van der Waals surface area contributed by atoms with Gasteiger partial charge in [-0.15, -0.1) is 0 Å². The Morgan fingerprint density at radius 1 is 1.13 bits per heavy atom. The van der Waals surface area contributed by atoms with Crippen molar-refractivity contribution in [1.82, 2.24) is 9.55 Å². The molecule has 0 amide bonds. The Labute approximate surface area is 181 Å². The average molecular weight is 428 g/mol. The average Bonchev–Trinajstić information content (AvgIpc) is 3.36. The summed E-state index contributed by atoms with van der Waals surface area (Å²) in [5, 5.41) is 14.3. The molecule has 2 aromatic heterocycles. The van der Waals surface area contributed by atoms with E-state index >= 15 is 0 Å². The molecule has 0 aliphatic heterocycles. The van der Waals surface area contributed by atoms with Gasteiger partial charge in [0.15, 0.2) is 10.7 Å². The lowest BCUT2D eigenvalue weighted by Gasteiger charge is -2.04. The van der Waals surface area contributed by atoms with Gasteiger partial charge < -0.3 is 8.98 Å². The molecule has 0 bridgehead atoms. The highest BCUT2D eigenvalue weighted by Gasteiger charge is 2.17. The summed E-state index contributed by atoms with van der Waals surface area (Å²) in [6.45, 7) is 0. The van der Waals surface area contributed by atoms with E-state index in [4.69, 9.17) is 4.42 Å². The van der Waals surface area contributed by atoms with Crippen molar-refractivity contribution in [3.05, 3.63) is 88.7 Å². The molecule has 0 unspecified atom stereocenters. The summed E-state index contributed by atoms with van der Waals surface area (Å²) in [5.74, 6) is 0. The Morgan fingerprint density at radius 2 is 1.97 bits per heavy atom. The van der Waals surface area contributed by atoms with Crippen molar-refractivity contribution in [2.75, 3.05) is 0 Å². The number of nitro groups is 1. The molecule has 2 heterocycles. The van der Waals surface area contributed by atoms with Gasteiger partial charge in [-0.3, -0.25) is 15.1 Å². The molecule has 0 fully saturated rings. The molecule has 0 aliphatic carbocycles. The summed E-state index contributed by atoms with van der Waals surface area (Å²) in [7, 11) is 1.85. The summed E-state index contributed by atoms with van der Waals surface area (Å²) in [5.41, 5.74) is 2.80. The van der Waals surface area contributed by atoms with Gasteiger partial charge in [-0.2, -0.15) is 0 Å². The predicted molar refractivity (Wildman–Crippen MR) is 121 cm³/mol. The molecule has 3 aromatic carbocycles. The highest BCUT2D eigenvalue weighted by Crippen LogP contribution is 2.36. The highest BCUT2D eigenvalue weighted by atomic mass is 32.2. The number of hydrogen-bond acceptors (Lipinski definition) is 6. The Morgan fingerprint density at radius 3 is 2.77 bits per heavy atom. The molecule has 0 saturated carbocycles. The molecule has 5 aromatic rings. The van der Waals surface area contributed by atoms with E-state index in [-0.39, 0.29) is 10.6 Å². The number of imidazole rings is 1. The molecule has 5 rings (SSSR count). The largest absolute Gasteiger partial charge is 0.454 e. The zero-order valence-corrected chi connectivity index (χ0v) is 17.2. The number of nitrogens with zero attached hydrogens (tertiary/aromatic N) is 4. The molecular formula is C23H16N4O3S. The van der Waals surface area contributed by atoms with Crippen LogP contribution in [0.1, 0.15) is 5.56 Å². The molecule has 0 N–H and O–H groups in total. The van der Waals surface area contributed by atoms with Crippen LogP contribution in [-0.4, -0.2) is 20.7 Å². The highest BCUT2D eigenvalue weighted by molar-refractivity contribution is 7.99. The third kappa shape index (κ3) is 3.57. The van der Waals surface area contributed by atoms with E-state index in [1.165, 1.54) is 17.8 Å². The topological polar surface area (TPSA) is 86.5 Å². The van der Waals surface area contributed by atoms with Crippen molar-refractivity contribution in [3.8, 4) is 0 Å². The maximum absolute atomic E-state index is 11.6. The first-order valence-corrected chi connectivity index (χ1v) is 10.3. The fraction of sp³-hybridized carbons (Fsp3) is 0.0435. The van der Waals surface area contributed by atoms with Gasteiger partial charge >= 0.3 is 0 Å². The van der Waals surface area contributed by atoms with Gasteiger partial charge in [0.2, 0.25) is 0 Å².